The van der Waals surface area contributed by atoms with Crippen LogP contribution in [0.3, 0.4) is 0 Å². The maximum absolute atomic E-state index is 10.9. The van der Waals surface area contributed by atoms with E-state index in [-0.39, 0.29) is 0 Å². The van der Waals surface area contributed by atoms with Crippen molar-refractivity contribution in [2.24, 2.45) is 0 Å². The summed E-state index contributed by atoms with van der Waals surface area (Å²) in [5, 5.41) is 10.9. The summed E-state index contributed by atoms with van der Waals surface area (Å²) in [4.78, 5) is 0. The zero-order chi connectivity index (χ0) is 13.2. The van der Waals surface area contributed by atoms with Crippen LogP contribution in [0.1, 0.15) is 22.3 Å². The molecule has 0 aromatic heterocycles. The summed E-state index contributed by atoms with van der Waals surface area (Å²) in [5.41, 5.74) is 2.17. The molecule has 0 saturated carbocycles. The number of aryl methyl sites for hydroxylation is 2. The minimum absolute atomic E-state index is 0.727. The van der Waals surface area contributed by atoms with E-state index in [1.165, 1.54) is 0 Å². The molecule has 1 unspecified atom stereocenters. The van der Waals surface area contributed by atoms with Gasteiger partial charge in [-0.3, -0.25) is 0 Å². The van der Waals surface area contributed by atoms with Gasteiger partial charge < -0.3 is 5.11 Å². The molecule has 18 heavy (non-hydrogen) atoms. The number of terminal acetylenes is 1. The quantitative estimate of drug-likeness (QED) is 0.794. The molecule has 0 radical (unpaired) electrons. The first-order valence-corrected chi connectivity index (χ1v) is 5.92. The zero-order valence-corrected chi connectivity index (χ0v) is 10.6. The Hall–Kier alpha value is -2.04. The monoisotopic (exact) mass is 236 g/mol. The van der Waals surface area contributed by atoms with Gasteiger partial charge in [0, 0.05) is 11.1 Å². The average Bonchev–Trinajstić information content (AvgIpc) is 2.39. The molecule has 0 aliphatic heterocycles. The first kappa shape index (κ1) is 12.4. The lowest BCUT2D eigenvalue weighted by Gasteiger charge is -2.27. The predicted molar refractivity (Wildman–Crippen MR) is 74.2 cm³/mol. The van der Waals surface area contributed by atoms with E-state index in [2.05, 4.69) is 5.92 Å². The van der Waals surface area contributed by atoms with Crippen molar-refractivity contribution in [2.75, 3.05) is 0 Å². The molecule has 1 N–H and O–H groups in total. The number of hydrogen-bond donors (Lipinski definition) is 1. The molecule has 1 atom stereocenters. The molecule has 2 aromatic rings. The standard InChI is InChI=1S/C17H16O/c1-4-17(18,15-11-6-5-7-12-15)16-13(2)9-8-10-14(16)3/h1,5-12,18H,2-3H3. The van der Waals surface area contributed by atoms with E-state index in [0.29, 0.717) is 0 Å². The Labute approximate surface area is 108 Å². The summed E-state index contributed by atoms with van der Waals surface area (Å²) in [6, 6.07) is 15.3. The van der Waals surface area contributed by atoms with Crippen LogP contribution in [0, 0.1) is 26.2 Å². The Morgan fingerprint density at radius 2 is 1.50 bits per heavy atom. The van der Waals surface area contributed by atoms with Crippen LogP contribution in [0.4, 0.5) is 0 Å². The van der Waals surface area contributed by atoms with Crippen LogP contribution in [0.5, 0.6) is 0 Å². The van der Waals surface area contributed by atoms with Crippen LogP contribution >= 0.6 is 0 Å². The Kier molecular flexibility index (Phi) is 3.23. The second-order valence-electron chi connectivity index (χ2n) is 4.49. The summed E-state index contributed by atoms with van der Waals surface area (Å²) in [5.74, 6) is 2.55. The van der Waals surface area contributed by atoms with Gasteiger partial charge in [0.05, 0.1) is 0 Å². The highest BCUT2D eigenvalue weighted by Gasteiger charge is 2.31. The number of aliphatic hydroxyl groups is 1. The number of rotatable bonds is 2. The van der Waals surface area contributed by atoms with Gasteiger partial charge in [0.1, 0.15) is 0 Å². The molecule has 0 amide bonds. The molecule has 0 spiro atoms. The normalized spacial score (nSPS) is 13.7. The lowest BCUT2D eigenvalue weighted by molar-refractivity contribution is 0.144. The molecule has 1 nitrogen and oxygen atoms in total. The number of benzene rings is 2. The fraction of sp³-hybridized carbons (Fsp3) is 0.176. The Bertz CT molecular complexity index is 573. The SMILES string of the molecule is C#CC(O)(c1ccccc1)c1c(C)cccc1C. The Morgan fingerprint density at radius 1 is 0.944 bits per heavy atom. The maximum atomic E-state index is 10.9. The fourth-order valence-corrected chi connectivity index (χ4v) is 2.36. The summed E-state index contributed by atoms with van der Waals surface area (Å²) in [7, 11) is 0. The highest BCUT2D eigenvalue weighted by atomic mass is 16.3. The van der Waals surface area contributed by atoms with Crippen molar-refractivity contribution in [1.82, 2.24) is 0 Å². The van der Waals surface area contributed by atoms with Gasteiger partial charge >= 0.3 is 0 Å². The van der Waals surface area contributed by atoms with Gasteiger partial charge in [0.15, 0.2) is 5.60 Å². The summed E-state index contributed by atoms with van der Waals surface area (Å²) in [6.07, 6.45) is 5.61. The van der Waals surface area contributed by atoms with Crippen molar-refractivity contribution >= 4 is 0 Å². The molecule has 0 heterocycles. The first-order chi connectivity index (χ1) is 8.59. The van der Waals surface area contributed by atoms with Crippen molar-refractivity contribution in [1.29, 1.82) is 0 Å². The highest BCUT2D eigenvalue weighted by Crippen LogP contribution is 2.33. The van der Waals surface area contributed by atoms with Gasteiger partial charge in [-0.25, -0.2) is 0 Å². The van der Waals surface area contributed by atoms with Crippen molar-refractivity contribution in [3.05, 3.63) is 70.8 Å². The third-order valence-electron chi connectivity index (χ3n) is 3.24. The van der Waals surface area contributed by atoms with Gasteiger partial charge in [-0.05, 0) is 25.0 Å². The molecule has 1 heteroatoms. The van der Waals surface area contributed by atoms with E-state index < -0.39 is 5.60 Å². The van der Waals surface area contributed by atoms with E-state index in [1.54, 1.807) is 0 Å². The van der Waals surface area contributed by atoms with Crippen LogP contribution in [-0.4, -0.2) is 5.11 Å². The molecule has 2 rings (SSSR count). The van der Waals surface area contributed by atoms with Crippen LogP contribution < -0.4 is 0 Å². The van der Waals surface area contributed by atoms with E-state index in [0.717, 1.165) is 22.3 Å². The van der Waals surface area contributed by atoms with Gasteiger partial charge in [0.25, 0.3) is 0 Å². The van der Waals surface area contributed by atoms with E-state index in [9.17, 15) is 5.11 Å². The van der Waals surface area contributed by atoms with Crippen LogP contribution in [0.25, 0.3) is 0 Å². The average molecular weight is 236 g/mol. The molecule has 0 bridgehead atoms. The molecule has 0 fully saturated rings. The molecule has 2 aromatic carbocycles. The van der Waals surface area contributed by atoms with E-state index in [4.69, 9.17) is 6.42 Å². The topological polar surface area (TPSA) is 20.2 Å². The summed E-state index contributed by atoms with van der Waals surface area (Å²) >= 11 is 0. The summed E-state index contributed by atoms with van der Waals surface area (Å²) < 4.78 is 0. The zero-order valence-electron chi connectivity index (χ0n) is 10.6. The first-order valence-electron chi connectivity index (χ1n) is 5.92. The van der Waals surface area contributed by atoms with Crippen molar-refractivity contribution < 1.29 is 5.11 Å². The second-order valence-corrected chi connectivity index (χ2v) is 4.49. The van der Waals surface area contributed by atoms with Crippen molar-refractivity contribution in [3.8, 4) is 12.3 Å². The lowest BCUT2D eigenvalue weighted by atomic mass is 9.82. The van der Waals surface area contributed by atoms with Gasteiger partial charge in [0.2, 0.25) is 0 Å². The molecule has 0 saturated heterocycles. The fourth-order valence-electron chi connectivity index (χ4n) is 2.36. The lowest BCUT2D eigenvalue weighted by Crippen LogP contribution is -2.27. The van der Waals surface area contributed by atoms with E-state index in [1.807, 2.05) is 62.4 Å². The molecule has 0 aliphatic rings. The highest BCUT2D eigenvalue weighted by molar-refractivity contribution is 5.50. The number of hydrogen-bond acceptors (Lipinski definition) is 1. The molecule has 90 valence electrons. The van der Waals surface area contributed by atoms with Crippen LogP contribution in [0.15, 0.2) is 48.5 Å². The van der Waals surface area contributed by atoms with Gasteiger partial charge in [-0.2, -0.15) is 0 Å². The summed E-state index contributed by atoms with van der Waals surface area (Å²) in [6.45, 7) is 3.93. The Morgan fingerprint density at radius 3 is 2.00 bits per heavy atom. The molecular formula is C17H16O. The molecule has 0 aliphatic carbocycles. The van der Waals surface area contributed by atoms with Crippen molar-refractivity contribution in [2.45, 2.75) is 19.4 Å². The second kappa shape index (κ2) is 4.68. The minimum atomic E-state index is -1.36. The Balaban J connectivity index is 2.70. The largest absolute Gasteiger partial charge is 0.369 e. The third-order valence-corrected chi connectivity index (χ3v) is 3.24. The predicted octanol–water partition coefficient (Wildman–Crippen LogP) is 3.17. The van der Waals surface area contributed by atoms with Gasteiger partial charge in [-0.15, -0.1) is 6.42 Å². The maximum Gasteiger partial charge on any atom is 0.177 e. The van der Waals surface area contributed by atoms with Gasteiger partial charge in [-0.1, -0.05) is 54.5 Å². The molecular weight excluding hydrogens is 220 g/mol. The van der Waals surface area contributed by atoms with Crippen LogP contribution in [-0.2, 0) is 5.60 Å². The smallest absolute Gasteiger partial charge is 0.177 e. The third kappa shape index (κ3) is 1.92. The van der Waals surface area contributed by atoms with Crippen molar-refractivity contribution in [3.63, 3.8) is 0 Å². The van der Waals surface area contributed by atoms with E-state index >= 15 is 0 Å². The van der Waals surface area contributed by atoms with Crippen LogP contribution in [0.2, 0.25) is 0 Å². The minimum Gasteiger partial charge on any atom is -0.369 e.